The Bertz CT molecular complexity index is 1380. The van der Waals surface area contributed by atoms with E-state index >= 15 is 0 Å². The van der Waals surface area contributed by atoms with Gasteiger partial charge in [0.05, 0.1) is 22.6 Å². The monoisotopic (exact) mass is 524 g/mol. The molecule has 6 nitrogen and oxygen atoms in total. The van der Waals surface area contributed by atoms with Crippen LogP contribution in [0.3, 0.4) is 0 Å². The van der Waals surface area contributed by atoms with E-state index < -0.39 is 0 Å². The van der Waals surface area contributed by atoms with Gasteiger partial charge in [0.2, 0.25) is 0 Å². The maximum atomic E-state index is 9.27. The smallest absolute Gasteiger partial charge is 0.129 e. The fraction of sp³-hybridized carbons (Fsp3) is 0.194. The summed E-state index contributed by atoms with van der Waals surface area (Å²) in [6.07, 6.45) is 0. The first-order valence-electron chi connectivity index (χ1n) is 12.7. The summed E-state index contributed by atoms with van der Waals surface area (Å²) in [5.74, 6) is 3.00. The molecule has 0 saturated heterocycles. The number of hydrogen-bond donors (Lipinski definition) is 3. The summed E-state index contributed by atoms with van der Waals surface area (Å²) in [5, 5.41) is 19.2. The summed E-state index contributed by atoms with van der Waals surface area (Å²) in [7, 11) is 0. The minimum Gasteiger partial charge on any atom is -0.457 e. The summed E-state index contributed by atoms with van der Waals surface area (Å²) in [6.45, 7) is 8.60. The molecule has 0 aromatic heterocycles. The highest BCUT2D eigenvalue weighted by Gasteiger charge is 2.07. The van der Waals surface area contributed by atoms with E-state index in [2.05, 4.69) is 48.0 Å². The molecule has 4 aromatic carbocycles. The largest absolute Gasteiger partial charge is 0.457 e. The highest BCUT2D eigenvalue weighted by Crippen LogP contribution is 2.34. The Morgan fingerprint density at radius 1 is 0.579 bits per heavy atom. The normalized spacial score (nSPS) is 10.4. The van der Waals surface area contributed by atoms with Gasteiger partial charge in [-0.25, -0.2) is 0 Å². The van der Waals surface area contributed by atoms with E-state index in [1.807, 2.05) is 73.7 Å². The van der Waals surface area contributed by atoms with Gasteiger partial charge < -0.3 is 25.4 Å². The first-order valence-corrected chi connectivity index (χ1v) is 13.6. The Hall–Kier alpha value is -4.28. The molecule has 0 bridgehead atoms. The van der Waals surface area contributed by atoms with Crippen molar-refractivity contribution in [2.45, 2.75) is 30.6 Å². The molecule has 0 aliphatic heterocycles. The van der Waals surface area contributed by atoms with Gasteiger partial charge in [-0.1, -0.05) is 11.8 Å². The van der Waals surface area contributed by atoms with Gasteiger partial charge in [-0.15, -0.1) is 0 Å². The Kier molecular flexibility index (Phi) is 9.38. The van der Waals surface area contributed by atoms with Crippen molar-refractivity contribution in [3.05, 3.63) is 90.5 Å². The van der Waals surface area contributed by atoms with E-state index in [0.29, 0.717) is 11.3 Å². The molecule has 0 amide bonds. The van der Waals surface area contributed by atoms with Crippen LogP contribution in [-0.2, 0) is 0 Å². The van der Waals surface area contributed by atoms with Crippen LogP contribution in [0.15, 0.2) is 94.7 Å². The fourth-order valence-electron chi connectivity index (χ4n) is 3.85. The molecule has 194 valence electrons. The van der Waals surface area contributed by atoms with E-state index in [4.69, 9.17) is 9.47 Å². The molecule has 0 radical (unpaired) electrons. The standard InChI is InChI=1S/C31H32N4O2S/c1-4-33-29-18-13-26(20-31(29)35-6-3)37-24-11-16-28(17-12-24)38-27-14-9-23(10-15-27)36-25-8-7-22(21-32)30(19-25)34-5-2/h7-20,33-35H,4-6H2,1-3H3. The lowest BCUT2D eigenvalue weighted by atomic mass is 10.2. The van der Waals surface area contributed by atoms with E-state index in [1.165, 1.54) is 0 Å². The Balaban J connectivity index is 1.37. The molecule has 0 aliphatic carbocycles. The number of hydrogen-bond acceptors (Lipinski definition) is 7. The lowest BCUT2D eigenvalue weighted by molar-refractivity contribution is 0.482. The van der Waals surface area contributed by atoms with Gasteiger partial charge in [-0.3, -0.25) is 0 Å². The van der Waals surface area contributed by atoms with Crippen LogP contribution in [0.4, 0.5) is 17.1 Å². The van der Waals surface area contributed by atoms with Gasteiger partial charge in [0.25, 0.3) is 0 Å². The number of ether oxygens (including phenoxy) is 2. The number of nitriles is 1. The molecule has 4 aromatic rings. The second kappa shape index (κ2) is 13.3. The highest BCUT2D eigenvalue weighted by atomic mass is 32.2. The van der Waals surface area contributed by atoms with Crippen molar-refractivity contribution in [3.63, 3.8) is 0 Å². The van der Waals surface area contributed by atoms with E-state index in [0.717, 1.165) is 63.7 Å². The lowest BCUT2D eigenvalue weighted by Gasteiger charge is -2.14. The van der Waals surface area contributed by atoms with E-state index in [-0.39, 0.29) is 0 Å². The van der Waals surface area contributed by atoms with Gasteiger partial charge in [-0.2, -0.15) is 5.26 Å². The van der Waals surface area contributed by atoms with Gasteiger partial charge in [-0.05, 0) is 93.6 Å². The van der Waals surface area contributed by atoms with Crippen LogP contribution in [-0.4, -0.2) is 19.6 Å². The van der Waals surface area contributed by atoms with Crippen LogP contribution in [0, 0.1) is 11.3 Å². The van der Waals surface area contributed by atoms with Crippen LogP contribution in [0.25, 0.3) is 0 Å². The predicted molar refractivity (Wildman–Crippen MR) is 157 cm³/mol. The first kappa shape index (κ1) is 26.8. The molecule has 38 heavy (non-hydrogen) atoms. The lowest BCUT2D eigenvalue weighted by Crippen LogP contribution is -2.04. The molecule has 3 N–H and O–H groups in total. The average Bonchev–Trinajstić information content (AvgIpc) is 2.93. The predicted octanol–water partition coefficient (Wildman–Crippen LogP) is 8.59. The van der Waals surface area contributed by atoms with Crippen molar-refractivity contribution in [1.29, 1.82) is 5.26 Å². The van der Waals surface area contributed by atoms with Gasteiger partial charge in [0.1, 0.15) is 29.1 Å². The van der Waals surface area contributed by atoms with Crippen molar-refractivity contribution in [2.75, 3.05) is 35.6 Å². The summed E-state index contributed by atoms with van der Waals surface area (Å²) in [4.78, 5) is 2.22. The van der Waals surface area contributed by atoms with Crippen LogP contribution in [0.5, 0.6) is 23.0 Å². The number of nitrogens with zero attached hydrogens (tertiary/aromatic N) is 1. The maximum absolute atomic E-state index is 9.27. The third-order valence-electron chi connectivity index (χ3n) is 5.56. The van der Waals surface area contributed by atoms with Crippen LogP contribution in [0.1, 0.15) is 26.3 Å². The average molecular weight is 525 g/mol. The minimum absolute atomic E-state index is 0.600. The molecule has 0 fully saturated rings. The topological polar surface area (TPSA) is 78.3 Å². The van der Waals surface area contributed by atoms with Crippen molar-refractivity contribution < 1.29 is 9.47 Å². The summed E-state index contributed by atoms with van der Waals surface area (Å²) < 4.78 is 12.1. The Morgan fingerprint density at radius 2 is 1.03 bits per heavy atom. The highest BCUT2D eigenvalue weighted by molar-refractivity contribution is 7.99. The van der Waals surface area contributed by atoms with Gasteiger partial charge in [0, 0.05) is 41.6 Å². The summed E-state index contributed by atoms with van der Waals surface area (Å²) in [6, 6.07) is 29.7. The second-order valence-corrected chi connectivity index (χ2v) is 9.51. The number of rotatable bonds is 12. The van der Waals surface area contributed by atoms with Crippen molar-refractivity contribution in [2.24, 2.45) is 0 Å². The molecule has 0 spiro atoms. The third-order valence-corrected chi connectivity index (χ3v) is 6.57. The van der Waals surface area contributed by atoms with Gasteiger partial charge in [0.15, 0.2) is 0 Å². The molecule has 0 atom stereocenters. The molecular weight excluding hydrogens is 492 g/mol. The Labute approximate surface area is 229 Å². The number of benzene rings is 4. The molecule has 0 unspecified atom stereocenters. The Morgan fingerprint density at radius 3 is 1.55 bits per heavy atom. The zero-order chi connectivity index (χ0) is 26.7. The SMILES string of the molecule is CCNc1cc(Oc2ccc(Sc3ccc(Oc4ccc(NCC)c(NCC)c4)cc3)cc2)ccc1C#N. The number of anilines is 3. The fourth-order valence-corrected chi connectivity index (χ4v) is 4.67. The zero-order valence-electron chi connectivity index (χ0n) is 21.9. The van der Waals surface area contributed by atoms with Crippen molar-refractivity contribution in [3.8, 4) is 29.1 Å². The zero-order valence-corrected chi connectivity index (χ0v) is 22.7. The summed E-state index contributed by atoms with van der Waals surface area (Å²) >= 11 is 1.67. The van der Waals surface area contributed by atoms with E-state index in [1.54, 1.807) is 17.8 Å². The molecule has 0 aliphatic rings. The van der Waals surface area contributed by atoms with Crippen molar-refractivity contribution in [1.82, 2.24) is 0 Å². The van der Waals surface area contributed by atoms with Gasteiger partial charge >= 0.3 is 0 Å². The minimum atomic E-state index is 0.600. The third kappa shape index (κ3) is 7.15. The molecule has 7 heteroatoms. The molecule has 4 rings (SSSR count). The van der Waals surface area contributed by atoms with Crippen LogP contribution < -0.4 is 25.4 Å². The summed E-state index contributed by atoms with van der Waals surface area (Å²) in [5.41, 5.74) is 3.47. The van der Waals surface area contributed by atoms with Crippen LogP contribution >= 0.6 is 11.8 Å². The van der Waals surface area contributed by atoms with Crippen molar-refractivity contribution >= 4 is 28.8 Å². The van der Waals surface area contributed by atoms with Crippen LogP contribution in [0.2, 0.25) is 0 Å². The molecule has 0 heterocycles. The molecular formula is C31H32N4O2S. The van der Waals surface area contributed by atoms with E-state index in [9.17, 15) is 5.26 Å². The maximum Gasteiger partial charge on any atom is 0.129 e. The second-order valence-electron chi connectivity index (χ2n) is 8.37. The number of nitrogens with one attached hydrogen (secondary N) is 3. The quantitative estimate of drug-likeness (QED) is 0.171. The molecule has 0 saturated carbocycles. The first-order chi connectivity index (χ1) is 18.6.